The lowest BCUT2D eigenvalue weighted by atomic mass is 10.2. The average molecular weight is 319 g/mol. The van der Waals surface area contributed by atoms with Crippen molar-refractivity contribution >= 4 is 34.4 Å². The number of nitrogens with zero attached hydrogens (tertiary/aromatic N) is 4. The minimum Gasteiger partial charge on any atom is -0.267 e. The van der Waals surface area contributed by atoms with E-state index < -0.39 is 0 Å². The lowest BCUT2D eigenvalue weighted by Gasteiger charge is -2.07. The van der Waals surface area contributed by atoms with Crippen LogP contribution in [0.15, 0.2) is 29.1 Å². The van der Waals surface area contributed by atoms with Crippen LogP contribution in [0.1, 0.15) is 29.9 Å². The predicted octanol–water partition coefficient (Wildman–Crippen LogP) is 2.83. The molecule has 2 heterocycles. The lowest BCUT2D eigenvalue weighted by molar-refractivity contribution is 0.630. The summed E-state index contributed by atoms with van der Waals surface area (Å²) in [5.41, 5.74) is 3.42. The Morgan fingerprint density at radius 3 is 2.86 bits per heavy atom. The van der Waals surface area contributed by atoms with Crippen molar-refractivity contribution in [3.8, 4) is 0 Å². The van der Waals surface area contributed by atoms with Crippen LogP contribution < -0.4 is 5.56 Å². The van der Waals surface area contributed by atoms with Crippen molar-refractivity contribution in [2.24, 2.45) is 0 Å². The van der Waals surface area contributed by atoms with Crippen molar-refractivity contribution in [3.05, 3.63) is 50.9 Å². The number of fused-ring (bicyclic) bond motifs is 1. The first kappa shape index (κ1) is 12.9. The summed E-state index contributed by atoms with van der Waals surface area (Å²) < 4.78 is 9.82. The van der Waals surface area contributed by atoms with Gasteiger partial charge in [0.2, 0.25) is 0 Å². The molecule has 7 heteroatoms. The van der Waals surface area contributed by atoms with Crippen LogP contribution >= 0.6 is 23.3 Å². The van der Waals surface area contributed by atoms with Gasteiger partial charge in [-0.2, -0.15) is 13.8 Å². The SMILES string of the molecule is O=c1c(C2CC2)cc(Cl)nn1Cc1ccc2nsnc2c1. The highest BCUT2D eigenvalue weighted by Gasteiger charge is 2.27. The van der Waals surface area contributed by atoms with E-state index in [9.17, 15) is 4.79 Å². The molecule has 5 nitrogen and oxygen atoms in total. The molecule has 1 aromatic carbocycles. The molecule has 0 saturated heterocycles. The standard InChI is InChI=1S/C14H11ClN4OS/c15-13-6-10(9-2-3-9)14(20)19(16-13)7-8-1-4-11-12(5-8)18-21-17-11/h1,4-6,9H,2-3,7H2. The molecule has 1 saturated carbocycles. The summed E-state index contributed by atoms with van der Waals surface area (Å²) in [7, 11) is 0. The number of halogens is 1. The van der Waals surface area contributed by atoms with Gasteiger partial charge in [-0.05, 0) is 42.5 Å². The van der Waals surface area contributed by atoms with Crippen LogP contribution in [0.3, 0.4) is 0 Å². The van der Waals surface area contributed by atoms with Gasteiger partial charge >= 0.3 is 0 Å². The van der Waals surface area contributed by atoms with E-state index in [-0.39, 0.29) is 5.56 Å². The van der Waals surface area contributed by atoms with E-state index >= 15 is 0 Å². The smallest absolute Gasteiger partial charge is 0.267 e. The molecular formula is C14H11ClN4OS. The molecule has 0 atom stereocenters. The molecule has 0 radical (unpaired) electrons. The Labute approximate surface area is 129 Å². The fourth-order valence-electron chi connectivity index (χ4n) is 2.42. The molecule has 21 heavy (non-hydrogen) atoms. The third-order valence-electron chi connectivity index (χ3n) is 3.64. The summed E-state index contributed by atoms with van der Waals surface area (Å²) in [5.74, 6) is 0.356. The number of hydrogen-bond donors (Lipinski definition) is 0. The molecule has 0 aliphatic heterocycles. The van der Waals surface area contributed by atoms with Crippen molar-refractivity contribution in [1.82, 2.24) is 18.5 Å². The summed E-state index contributed by atoms with van der Waals surface area (Å²) in [6.07, 6.45) is 2.12. The molecule has 0 amide bonds. The first-order valence-electron chi connectivity index (χ1n) is 6.69. The lowest BCUT2D eigenvalue weighted by Crippen LogP contribution is -2.26. The average Bonchev–Trinajstić information content (AvgIpc) is 3.20. The largest absolute Gasteiger partial charge is 0.270 e. The van der Waals surface area contributed by atoms with E-state index in [2.05, 4.69) is 13.8 Å². The minimum absolute atomic E-state index is 0.0431. The van der Waals surface area contributed by atoms with Crippen LogP contribution in [0, 0.1) is 0 Å². The summed E-state index contributed by atoms with van der Waals surface area (Å²) in [5, 5.41) is 4.51. The number of aromatic nitrogens is 4. The van der Waals surface area contributed by atoms with Gasteiger partial charge in [0.25, 0.3) is 5.56 Å². The summed E-state index contributed by atoms with van der Waals surface area (Å²) >= 11 is 7.23. The van der Waals surface area contributed by atoms with Gasteiger partial charge in [0.1, 0.15) is 16.2 Å². The summed E-state index contributed by atoms with van der Waals surface area (Å²) in [6, 6.07) is 7.48. The van der Waals surface area contributed by atoms with Gasteiger partial charge < -0.3 is 0 Å². The van der Waals surface area contributed by atoms with Gasteiger partial charge in [0, 0.05) is 5.56 Å². The van der Waals surface area contributed by atoms with Crippen LogP contribution in [-0.4, -0.2) is 18.5 Å². The highest BCUT2D eigenvalue weighted by Crippen LogP contribution is 2.38. The topological polar surface area (TPSA) is 60.7 Å². The van der Waals surface area contributed by atoms with Crippen molar-refractivity contribution < 1.29 is 0 Å². The zero-order valence-corrected chi connectivity index (χ0v) is 12.6. The van der Waals surface area contributed by atoms with E-state index in [0.29, 0.717) is 17.6 Å². The highest BCUT2D eigenvalue weighted by atomic mass is 35.5. The van der Waals surface area contributed by atoms with Crippen LogP contribution in [0.2, 0.25) is 5.15 Å². The second-order valence-corrected chi connectivity index (χ2v) is 6.16. The predicted molar refractivity (Wildman–Crippen MR) is 82.0 cm³/mol. The second kappa shape index (κ2) is 4.89. The Bertz CT molecular complexity index is 884. The van der Waals surface area contributed by atoms with Crippen molar-refractivity contribution in [2.75, 3.05) is 0 Å². The van der Waals surface area contributed by atoms with Gasteiger partial charge in [0.05, 0.1) is 18.3 Å². The maximum absolute atomic E-state index is 12.4. The normalized spacial score (nSPS) is 14.7. The van der Waals surface area contributed by atoms with Gasteiger partial charge in [-0.3, -0.25) is 4.79 Å². The van der Waals surface area contributed by atoms with Gasteiger partial charge in [-0.25, -0.2) is 4.68 Å². The molecule has 1 fully saturated rings. The van der Waals surface area contributed by atoms with Crippen molar-refractivity contribution in [1.29, 1.82) is 0 Å². The molecule has 0 N–H and O–H groups in total. The highest BCUT2D eigenvalue weighted by molar-refractivity contribution is 7.00. The molecule has 106 valence electrons. The third-order valence-corrected chi connectivity index (χ3v) is 4.38. The van der Waals surface area contributed by atoms with Gasteiger partial charge in [-0.1, -0.05) is 17.7 Å². The number of benzene rings is 1. The number of rotatable bonds is 3. The first-order valence-corrected chi connectivity index (χ1v) is 7.80. The molecule has 0 spiro atoms. The Morgan fingerprint density at radius 1 is 1.24 bits per heavy atom. The fraction of sp³-hybridized carbons (Fsp3) is 0.286. The van der Waals surface area contributed by atoms with E-state index in [1.165, 1.54) is 16.4 Å². The first-order chi connectivity index (χ1) is 10.2. The van der Waals surface area contributed by atoms with E-state index in [1.807, 2.05) is 18.2 Å². The Balaban J connectivity index is 1.74. The summed E-state index contributed by atoms with van der Waals surface area (Å²) in [4.78, 5) is 12.4. The monoisotopic (exact) mass is 318 g/mol. The second-order valence-electron chi connectivity index (χ2n) is 5.25. The molecule has 0 unspecified atom stereocenters. The van der Waals surface area contributed by atoms with Crippen LogP contribution in [0.25, 0.3) is 11.0 Å². The van der Waals surface area contributed by atoms with Gasteiger partial charge in [0.15, 0.2) is 0 Å². The molecule has 0 bridgehead atoms. The molecular weight excluding hydrogens is 308 g/mol. The van der Waals surface area contributed by atoms with Crippen molar-refractivity contribution in [3.63, 3.8) is 0 Å². The minimum atomic E-state index is -0.0431. The van der Waals surface area contributed by atoms with E-state index in [4.69, 9.17) is 11.6 Å². The third kappa shape index (κ3) is 2.45. The Morgan fingerprint density at radius 2 is 2.05 bits per heavy atom. The summed E-state index contributed by atoms with van der Waals surface area (Å²) in [6.45, 7) is 0.395. The van der Waals surface area contributed by atoms with Crippen LogP contribution in [0.4, 0.5) is 0 Å². The van der Waals surface area contributed by atoms with E-state index in [1.54, 1.807) is 6.07 Å². The maximum Gasteiger partial charge on any atom is 0.270 e. The Kier molecular flexibility index (Phi) is 3.01. The number of hydrogen-bond acceptors (Lipinski definition) is 5. The maximum atomic E-state index is 12.4. The molecule has 3 aromatic rings. The van der Waals surface area contributed by atoms with Crippen LogP contribution in [0.5, 0.6) is 0 Å². The molecule has 4 rings (SSSR count). The molecule has 2 aromatic heterocycles. The molecule has 1 aliphatic carbocycles. The fourth-order valence-corrected chi connectivity index (χ4v) is 3.15. The zero-order valence-electron chi connectivity index (χ0n) is 11.0. The quantitative estimate of drug-likeness (QED) is 0.745. The molecule has 1 aliphatic rings. The van der Waals surface area contributed by atoms with E-state index in [0.717, 1.165) is 35.0 Å². The Hall–Kier alpha value is -1.79. The van der Waals surface area contributed by atoms with Gasteiger partial charge in [-0.15, -0.1) is 0 Å². The zero-order chi connectivity index (χ0) is 14.4. The van der Waals surface area contributed by atoms with Crippen molar-refractivity contribution in [2.45, 2.75) is 25.3 Å². The van der Waals surface area contributed by atoms with Crippen LogP contribution in [-0.2, 0) is 6.54 Å².